The van der Waals surface area contributed by atoms with Crippen molar-refractivity contribution in [2.45, 2.75) is 106 Å². The van der Waals surface area contributed by atoms with Gasteiger partial charge < -0.3 is 4.90 Å². The average Bonchev–Trinajstić information content (AvgIpc) is 2.46. The molecule has 0 aromatic rings. The number of rotatable bonds is 13. The van der Waals surface area contributed by atoms with Gasteiger partial charge in [-0.3, -0.25) is 0 Å². The van der Waals surface area contributed by atoms with Gasteiger partial charge in [-0.25, -0.2) is 0 Å². The Morgan fingerprint density at radius 2 is 1.38 bits per heavy atom. The monoisotopic (exact) mass is 297 g/mol. The average molecular weight is 298 g/mol. The van der Waals surface area contributed by atoms with Gasteiger partial charge in [0.25, 0.3) is 0 Å². The summed E-state index contributed by atoms with van der Waals surface area (Å²) in [6.45, 7) is 19.1. The highest BCUT2D eigenvalue weighted by atomic mass is 15.2. The molecule has 0 aliphatic heterocycles. The molecule has 0 rings (SSSR count). The van der Waals surface area contributed by atoms with E-state index in [1.54, 1.807) is 0 Å². The Kier molecular flexibility index (Phi) is 11.5. The van der Waals surface area contributed by atoms with Crippen LogP contribution in [0.25, 0.3) is 0 Å². The number of hydrogen-bond acceptors (Lipinski definition) is 1. The molecule has 1 nitrogen and oxygen atoms in total. The number of nitrogens with zero attached hydrogens (tertiary/aromatic N) is 1. The normalized spacial score (nSPS) is 16.4. The second kappa shape index (κ2) is 11.5. The molecule has 1 heteroatoms. The maximum absolute atomic E-state index is 2.72. The summed E-state index contributed by atoms with van der Waals surface area (Å²) in [6, 6.07) is 0.701. The minimum Gasteiger partial charge on any atom is -0.300 e. The third kappa shape index (κ3) is 8.86. The Morgan fingerprint density at radius 3 is 1.86 bits per heavy atom. The van der Waals surface area contributed by atoms with Crippen LogP contribution in [0.1, 0.15) is 99.8 Å². The van der Waals surface area contributed by atoms with Gasteiger partial charge in [-0.2, -0.15) is 0 Å². The Labute approximate surface area is 135 Å². The summed E-state index contributed by atoms with van der Waals surface area (Å²) < 4.78 is 0. The van der Waals surface area contributed by atoms with Crippen molar-refractivity contribution >= 4 is 0 Å². The van der Waals surface area contributed by atoms with Crippen molar-refractivity contribution in [2.75, 3.05) is 13.1 Å². The molecule has 21 heavy (non-hydrogen) atoms. The van der Waals surface area contributed by atoms with E-state index in [2.05, 4.69) is 53.4 Å². The fraction of sp³-hybridized carbons (Fsp3) is 1.00. The van der Waals surface area contributed by atoms with Crippen LogP contribution in [0.5, 0.6) is 0 Å². The van der Waals surface area contributed by atoms with E-state index in [0.29, 0.717) is 11.5 Å². The van der Waals surface area contributed by atoms with Crippen molar-refractivity contribution in [2.24, 2.45) is 11.3 Å². The van der Waals surface area contributed by atoms with E-state index in [4.69, 9.17) is 0 Å². The molecule has 0 aliphatic rings. The summed E-state index contributed by atoms with van der Waals surface area (Å²) >= 11 is 0. The smallest absolute Gasteiger partial charge is 0.00900 e. The topological polar surface area (TPSA) is 3.24 Å². The Bertz CT molecular complexity index is 236. The third-order valence-corrected chi connectivity index (χ3v) is 5.30. The van der Waals surface area contributed by atoms with Crippen molar-refractivity contribution in [3.8, 4) is 0 Å². The molecule has 0 saturated heterocycles. The summed E-state index contributed by atoms with van der Waals surface area (Å²) in [4.78, 5) is 2.72. The highest BCUT2D eigenvalue weighted by molar-refractivity contribution is 4.81. The first-order valence-corrected chi connectivity index (χ1v) is 9.64. The van der Waals surface area contributed by atoms with Gasteiger partial charge >= 0.3 is 0 Å². The van der Waals surface area contributed by atoms with Gasteiger partial charge in [0, 0.05) is 12.6 Å². The summed E-state index contributed by atoms with van der Waals surface area (Å²) in [5, 5.41) is 0. The minimum absolute atomic E-state index is 0.517. The Hall–Kier alpha value is -0.0400. The summed E-state index contributed by atoms with van der Waals surface area (Å²) in [5.41, 5.74) is 0.517. The van der Waals surface area contributed by atoms with Crippen molar-refractivity contribution in [3.63, 3.8) is 0 Å². The molecule has 0 aliphatic carbocycles. The predicted molar refractivity (Wildman–Crippen MR) is 97.9 cm³/mol. The van der Waals surface area contributed by atoms with E-state index in [-0.39, 0.29) is 0 Å². The molecule has 0 heterocycles. The van der Waals surface area contributed by atoms with E-state index >= 15 is 0 Å². The molecule has 0 fully saturated rings. The zero-order valence-corrected chi connectivity index (χ0v) is 16.2. The molecule has 0 radical (unpaired) electrons. The van der Waals surface area contributed by atoms with Crippen LogP contribution >= 0.6 is 0 Å². The van der Waals surface area contributed by atoms with Gasteiger partial charge in [-0.1, -0.05) is 80.1 Å². The van der Waals surface area contributed by atoms with Crippen LogP contribution in [0, 0.1) is 11.3 Å². The molecule has 0 aromatic heterocycles. The molecule has 0 bridgehead atoms. The van der Waals surface area contributed by atoms with E-state index in [9.17, 15) is 0 Å². The van der Waals surface area contributed by atoms with Crippen LogP contribution in [-0.4, -0.2) is 24.0 Å². The molecular weight excluding hydrogens is 254 g/mol. The zero-order valence-electron chi connectivity index (χ0n) is 16.2. The quantitative estimate of drug-likeness (QED) is 0.350. The highest BCUT2D eigenvalue weighted by Gasteiger charge is 2.28. The van der Waals surface area contributed by atoms with E-state index in [1.807, 2.05) is 0 Å². The Balaban J connectivity index is 4.61. The first-order chi connectivity index (χ1) is 9.90. The lowest BCUT2D eigenvalue weighted by atomic mass is 9.79. The molecular formula is C20H43N. The maximum atomic E-state index is 2.72. The lowest BCUT2D eigenvalue weighted by Gasteiger charge is -2.40. The highest BCUT2D eigenvalue weighted by Crippen LogP contribution is 2.33. The predicted octanol–water partition coefficient (Wildman–Crippen LogP) is 6.52. The number of unbranched alkanes of at least 4 members (excludes halogenated alkanes) is 4. The van der Waals surface area contributed by atoms with Crippen molar-refractivity contribution in [1.29, 1.82) is 0 Å². The second-order valence-electron chi connectivity index (χ2n) is 7.77. The van der Waals surface area contributed by atoms with Crippen LogP contribution in [-0.2, 0) is 0 Å². The molecule has 0 saturated carbocycles. The van der Waals surface area contributed by atoms with Crippen LogP contribution in [0.4, 0.5) is 0 Å². The molecule has 0 spiro atoms. The van der Waals surface area contributed by atoms with Crippen LogP contribution in [0.15, 0.2) is 0 Å². The first kappa shape index (κ1) is 21.0. The van der Waals surface area contributed by atoms with Crippen LogP contribution < -0.4 is 0 Å². The minimum atomic E-state index is 0.517. The standard InChI is InChI=1S/C20H43N/c1-8-11-13-14-16-20(7,15-12-9-2)17-21(10-3)19(6)18(4)5/h18-19H,8-17H2,1-7H3/t19-,20?/m1/s1. The van der Waals surface area contributed by atoms with Gasteiger partial charge in [-0.05, 0) is 37.6 Å². The zero-order chi connectivity index (χ0) is 16.3. The molecule has 128 valence electrons. The van der Waals surface area contributed by atoms with Crippen molar-refractivity contribution < 1.29 is 0 Å². The molecule has 0 N–H and O–H groups in total. The largest absolute Gasteiger partial charge is 0.300 e. The summed E-state index contributed by atoms with van der Waals surface area (Å²) in [7, 11) is 0. The summed E-state index contributed by atoms with van der Waals surface area (Å²) in [6.07, 6.45) is 11.1. The Morgan fingerprint density at radius 1 is 0.810 bits per heavy atom. The number of hydrogen-bond donors (Lipinski definition) is 0. The molecule has 0 amide bonds. The van der Waals surface area contributed by atoms with Gasteiger partial charge in [0.1, 0.15) is 0 Å². The fourth-order valence-electron chi connectivity index (χ4n) is 3.32. The maximum Gasteiger partial charge on any atom is 0.00900 e. The fourth-order valence-corrected chi connectivity index (χ4v) is 3.32. The van der Waals surface area contributed by atoms with E-state index in [0.717, 1.165) is 5.92 Å². The lowest BCUT2D eigenvalue weighted by Crippen LogP contribution is -2.43. The lowest BCUT2D eigenvalue weighted by molar-refractivity contribution is 0.0925. The van der Waals surface area contributed by atoms with E-state index < -0.39 is 0 Å². The summed E-state index contributed by atoms with van der Waals surface area (Å²) in [5.74, 6) is 0.750. The SMILES string of the molecule is CCCCCCC(C)(CCCC)CN(CC)[C@H](C)C(C)C. The van der Waals surface area contributed by atoms with Gasteiger partial charge in [0.2, 0.25) is 0 Å². The van der Waals surface area contributed by atoms with Crippen LogP contribution in [0.3, 0.4) is 0 Å². The first-order valence-electron chi connectivity index (χ1n) is 9.64. The second-order valence-corrected chi connectivity index (χ2v) is 7.77. The van der Waals surface area contributed by atoms with Gasteiger partial charge in [-0.15, -0.1) is 0 Å². The molecule has 1 unspecified atom stereocenters. The van der Waals surface area contributed by atoms with Crippen molar-refractivity contribution in [1.82, 2.24) is 4.90 Å². The van der Waals surface area contributed by atoms with Gasteiger partial charge in [0.05, 0.1) is 0 Å². The van der Waals surface area contributed by atoms with E-state index in [1.165, 1.54) is 64.5 Å². The molecule has 2 atom stereocenters. The van der Waals surface area contributed by atoms with Crippen molar-refractivity contribution in [3.05, 3.63) is 0 Å². The van der Waals surface area contributed by atoms with Gasteiger partial charge in [0.15, 0.2) is 0 Å². The van der Waals surface area contributed by atoms with Crippen LogP contribution in [0.2, 0.25) is 0 Å². The molecule has 0 aromatic carbocycles. The third-order valence-electron chi connectivity index (χ3n) is 5.30.